The summed E-state index contributed by atoms with van der Waals surface area (Å²) >= 11 is 0. The first kappa shape index (κ1) is 12.7. The average molecular weight is 266 g/mol. The number of benzene rings is 1. The van der Waals surface area contributed by atoms with Gasteiger partial charge in [0, 0.05) is 24.6 Å². The standard InChI is InChI=1S/C15H20F2N2/c16-11-7-12(17)14-13(8-11)18-9-15(10-19-14)5-3-1-2-4-6-15/h7-8,18-19H,1-6,9-10H2. The fraction of sp³-hybridized carbons (Fsp3) is 0.600. The molecule has 104 valence electrons. The van der Waals surface area contributed by atoms with Crippen LogP contribution in [-0.4, -0.2) is 13.1 Å². The highest BCUT2D eigenvalue weighted by Gasteiger charge is 2.33. The highest BCUT2D eigenvalue weighted by atomic mass is 19.1. The van der Waals surface area contributed by atoms with Crippen LogP contribution < -0.4 is 10.6 Å². The van der Waals surface area contributed by atoms with Crippen molar-refractivity contribution < 1.29 is 8.78 Å². The molecule has 0 unspecified atom stereocenters. The van der Waals surface area contributed by atoms with E-state index in [4.69, 9.17) is 0 Å². The van der Waals surface area contributed by atoms with E-state index in [1.807, 2.05) is 0 Å². The van der Waals surface area contributed by atoms with Crippen LogP contribution in [0.2, 0.25) is 0 Å². The summed E-state index contributed by atoms with van der Waals surface area (Å²) in [5.74, 6) is -1.03. The molecule has 1 aliphatic carbocycles. The van der Waals surface area contributed by atoms with Gasteiger partial charge in [0.05, 0.1) is 11.4 Å². The second kappa shape index (κ2) is 4.99. The van der Waals surface area contributed by atoms with Crippen LogP contribution in [0, 0.1) is 17.0 Å². The van der Waals surface area contributed by atoms with Gasteiger partial charge in [0.15, 0.2) is 5.82 Å². The lowest BCUT2D eigenvalue weighted by Gasteiger charge is -2.31. The van der Waals surface area contributed by atoms with E-state index < -0.39 is 11.6 Å². The van der Waals surface area contributed by atoms with E-state index in [9.17, 15) is 8.78 Å². The number of hydrogen-bond acceptors (Lipinski definition) is 2. The quantitative estimate of drug-likeness (QED) is 0.737. The van der Waals surface area contributed by atoms with Gasteiger partial charge in [0.1, 0.15) is 5.82 Å². The van der Waals surface area contributed by atoms with E-state index in [-0.39, 0.29) is 5.41 Å². The first-order valence-electron chi connectivity index (χ1n) is 7.15. The molecule has 1 aliphatic heterocycles. The molecule has 0 amide bonds. The van der Waals surface area contributed by atoms with Crippen molar-refractivity contribution in [2.24, 2.45) is 5.41 Å². The Balaban J connectivity index is 1.86. The van der Waals surface area contributed by atoms with Crippen molar-refractivity contribution in [2.75, 3.05) is 23.7 Å². The SMILES string of the molecule is Fc1cc(F)c2c(c1)NCC1(CCCCCC1)CN2. The molecule has 3 rings (SSSR count). The van der Waals surface area contributed by atoms with E-state index in [2.05, 4.69) is 10.6 Å². The van der Waals surface area contributed by atoms with Gasteiger partial charge >= 0.3 is 0 Å². The van der Waals surface area contributed by atoms with Crippen LogP contribution in [0.25, 0.3) is 0 Å². The molecule has 2 aliphatic rings. The van der Waals surface area contributed by atoms with Crippen LogP contribution in [-0.2, 0) is 0 Å². The molecule has 1 fully saturated rings. The van der Waals surface area contributed by atoms with Crippen LogP contribution in [0.3, 0.4) is 0 Å². The third-order valence-corrected chi connectivity index (χ3v) is 4.51. The summed E-state index contributed by atoms with van der Waals surface area (Å²) in [5.41, 5.74) is 1.15. The van der Waals surface area contributed by atoms with Crippen molar-refractivity contribution in [3.63, 3.8) is 0 Å². The maximum atomic E-state index is 13.8. The molecule has 0 bridgehead atoms. The van der Waals surface area contributed by atoms with E-state index in [1.54, 1.807) is 0 Å². The molecule has 1 saturated carbocycles. The van der Waals surface area contributed by atoms with Crippen molar-refractivity contribution in [2.45, 2.75) is 38.5 Å². The van der Waals surface area contributed by atoms with Gasteiger partial charge in [0.2, 0.25) is 0 Å². The molecular formula is C15H20F2N2. The number of halogens is 2. The summed E-state index contributed by atoms with van der Waals surface area (Å²) in [5, 5.41) is 6.46. The Hall–Kier alpha value is -1.32. The third-order valence-electron chi connectivity index (χ3n) is 4.51. The Morgan fingerprint density at radius 2 is 1.58 bits per heavy atom. The Morgan fingerprint density at radius 1 is 0.895 bits per heavy atom. The molecule has 0 saturated heterocycles. The van der Waals surface area contributed by atoms with E-state index in [0.29, 0.717) is 11.4 Å². The van der Waals surface area contributed by atoms with Gasteiger partial charge in [-0.05, 0) is 18.9 Å². The summed E-state index contributed by atoms with van der Waals surface area (Å²) in [6.07, 6.45) is 7.36. The van der Waals surface area contributed by atoms with Gasteiger partial charge in [-0.3, -0.25) is 0 Å². The molecule has 0 radical (unpaired) electrons. The summed E-state index contributed by atoms with van der Waals surface area (Å²) in [7, 11) is 0. The molecule has 2 nitrogen and oxygen atoms in total. The predicted octanol–water partition coefficient (Wildman–Crippen LogP) is 4.14. The van der Waals surface area contributed by atoms with Crippen molar-refractivity contribution in [3.8, 4) is 0 Å². The topological polar surface area (TPSA) is 24.1 Å². The summed E-state index contributed by atoms with van der Waals surface area (Å²) in [6, 6.07) is 2.32. The minimum atomic E-state index is -0.526. The van der Waals surface area contributed by atoms with Crippen LogP contribution >= 0.6 is 0 Å². The molecule has 2 N–H and O–H groups in total. The zero-order valence-corrected chi connectivity index (χ0v) is 11.1. The van der Waals surface area contributed by atoms with Gasteiger partial charge in [-0.1, -0.05) is 25.7 Å². The lowest BCUT2D eigenvalue weighted by Crippen LogP contribution is -2.34. The first-order valence-corrected chi connectivity index (χ1v) is 7.15. The predicted molar refractivity (Wildman–Crippen MR) is 73.5 cm³/mol. The zero-order valence-electron chi connectivity index (χ0n) is 11.1. The van der Waals surface area contributed by atoms with Gasteiger partial charge < -0.3 is 10.6 Å². The van der Waals surface area contributed by atoms with Crippen molar-refractivity contribution in [1.82, 2.24) is 0 Å². The number of hydrogen-bond donors (Lipinski definition) is 2. The van der Waals surface area contributed by atoms with Crippen molar-refractivity contribution >= 4 is 11.4 Å². The van der Waals surface area contributed by atoms with E-state index in [1.165, 1.54) is 31.7 Å². The van der Waals surface area contributed by atoms with Gasteiger partial charge in [-0.25, -0.2) is 8.78 Å². The van der Waals surface area contributed by atoms with Crippen molar-refractivity contribution in [1.29, 1.82) is 0 Å². The minimum absolute atomic E-state index is 0.179. The average Bonchev–Trinajstić information content (AvgIpc) is 2.70. The third kappa shape index (κ3) is 2.53. The zero-order chi connectivity index (χ0) is 13.3. The Bertz CT molecular complexity index is 465. The molecule has 19 heavy (non-hydrogen) atoms. The molecule has 0 aromatic heterocycles. The van der Waals surface area contributed by atoms with E-state index >= 15 is 0 Å². The summed E-state index contributed by atoms with van der Waals surface area (Å²) < 4.78 is 27.1. The van der Waals surface area contributed by atoms with Gasteiger partial charge in [0.25, 0.3) is 0 Å². The normalized spacial score (nSPS) is 21.8. The molecular weight excluding hydrogens is 246 g/mol. The number of rotatable bonds is 0. The van der Waals surface area contributed by atoms with Crippen LogP contribution in [0.15, 0.2) is 12.1 Å². The molecule has 1 aromatic carbocycles. The Labute approximate surface area is 112 Å². The molecule has 1 spiro atoms. The Morgan fingerprint density at radius 3 is 2.32 bits per heavy atom. The smallest absolute Gasteiger partial charge is 0.151 e. The van der Waals surface area contributed by atoms with E-state index in [0.717, 1.165) is 32.0 Å². The number of anilines is 2. The maximum Gasteiger partial charge on any atom is 0.151 e. The molecule has 0 atom stereocenters. The first-order chi connectivity index (χ1) is 9.19. The lowest BCUT2D eigenvalue weighted by molar-refractivity contribution is 0.286. The number of nitrogens with one attached hydrogen (secondary N) is 2. The molecule has 1 aromatic rings. The molecule has 1 heterocycles. The maximum absolute atomic E-state index is 13.8. The lowest BCUT2D eigenvalue weighted by atomic mass is 9.80. The second-order valence-corrected chi connectivity index (χ2v) is 5.93. The summed E-state index contributed by atoms with van der Waals surface area (Å²) in [6.45, 7) is 1.57. The molecule has 4 heteroatoms. The van der Waals surface area contributed by atoms with Crippen LogP contribution in [0.4, 0.5) is 20.2 Å². The number of fused-ring (bicyclic) bond motifs is 1. The van der Waals surface area contributed by atoms with Gasteiger partial charge in [-0.2, -0.15) is 0 Å². The minimum Gasteiger partial charge on any atom is -0.383 e. The highest BCUT2D eigenvalue weighted by Crippen LogP contribution is 2.39. The highest BCUT2D eigenvalue weighted by molar-refractivity contribution is 5.70. The largest absolute Gasteiger partial charge is 0.383 e. The van der Waals surface area contributed by atoms with Gasteiger partial charge in [-0.15, -0.1) is 0 Å². The second-order valence-electron chi connectivity index (χ2n) is 5.93. The fourth-order valence-electron chi connectivity index (χ4n) is 3.35. The van der Waals surface area contributed by atoms with Crippen LogP contribution in [0.1, 0.15) is 38.5 Å². The van der Waals surface area contributed by atoms with Crippen LogP contribution in [0.5, 0.6) is 0 Å². The summed E-state index contributed by atoms with van der Waals surface area (Å²) in [4.78, 5) is 0. The fourth-order valence-corrected chi connectivity index (χ4v) is 3.35. The monoisotopic (exact) mass is 266 g/mol. The Kier molecular flexibility index (Phi) is 3.33. The van der Waals surface area contributed by atoms with Crippen molar-refractivity contribution in [3.05, 3.63) is 23.8 Å².